The summed E-state index contributed by atoms with van der Waals surface area (Å²) >= 11 is 0. The number of carboxylic acids is 1. The van der Waals surface area contributed by atoms with Crippen molar-refractivity contribution in [2.75, 3.05) is 18.0 Å². The van der Waals surface area contributed by atoms with E-state index in [-0.39, 0.29) is 0 Å². The molecule has 0 aliphatic rings. The largest absolute Gasteiger partial charge is 0.478 e. The molecule has 0 saturated carbocycles. The van der Waals surface area contributed by atoms with Gasteiger partial charge >= 0.3 is 5.97 Å². The number of aliphatic carboxylic acids is 1. The Balaban J connectivity index is 2.34. The van der Waals surface area contributed by atoms with E-state index in [2.05, 4.69) is 36.1 Å². The number of hydrogen-bond acceptors (Lipinski definition) is 2. The number of carbonyl (C=O) groups is 1. The Hall–Kier alpha value is -2.29. The third-order valence-electron chi connectivity index (χ3n) is 3.70. The molecule has 21 heavy (non-hydrogen) atoms. The van der Waals surface area contributed by atoms with Crippen molar-refractivity contribution in [3.63, 3.8) is 0 Å². The van der Waals surface area contributed by atoms with Gasteiger partial charge < -0.3 is 10.0 Å². The highest BCUT2D eigenvalue weighted by Crippen LogP contribution is 2.26. The van der Waals surface area contributed by atoms with E-state index in [1.807, 2.05) is 31.2 Å². The van der Waals surface area contributed by atoms with Gasteiger partial charge in [0.1, 0.15) is 0 Å². The van der Waals surface area contributed by atoms with E-state index in [9.17, 15) is 4.79 Å². The first-order valence-corrected chi connectivity index (χ1v) is 7.32. The second-order valence-electron chi connectivity index (χ2n) is 4.92. The molecule has 0 saturated heterocycles. The molecule has 0 heterocycles. The standard InChI is InChI=1S/C18H21NO2/c1-3-14(18(20)21)12-13-19(4-2)17-11-7-9-15-8-5-6-10-16(15)17/h5-12H,3-4,13H2,1-2H3,(H,20,21). The Morgan fingerprint density at radius 3 is 2.52 bits per heavy atom. The highest BCUT2D eigenvalue weighted by molar-refractivity contribution is 5.94. The molecular formula is C18H21NO2. The van der Waals surface area contributed by atoms with Crippen LogP contribution in [0.25, 0.3) is 10.8 Å². The first-order valence-electron chi connectivity index (χ1n) is 7.32. The molecule has 0 fully saturated rings. The van der Waals surface area contributed by atoms with Crippen molar-refractivity contribution in [2.45, 2.75) is 20.3 Å². The van der Waals surface area contributed by atoms with E-state index in [1.54, 1.807) is 0 Å². The number of carboxylic acid groups (broad SMARTS) is 1. The normalized spacial score (nSPS) is 11.6. The molecule has 0 aromatic heterocycles. The molecule has 0 amide bonds. The number of anilines is 1. The summed E-state index contributed by atoms with van der Waals surface area (Å²) in [4.78, 5) is 13.3. The van der Waals surface area contributed by atoms with Crippen molar-refractivity contribution >= 4 is 22.4 Å². The Labute approximate surface area is 125 Å². The number of nitrogens with zero attached hydrogens (tertiary/aromatic N) is 1. The van der Waals surface area contributed by atoms with Crippen LogP contribution in [-0.4, -0.2) is 24.2 Å². The zero-order valence-electron chi connectivity index (χ0n) is 12.5. The van der Waals surface area contributed by atoms with Crippen LogP contribution in [0.5, 0.6) is 0 Å². The average molecular weight is 283 g/mol. The van der Waals surface area contributed by atoms with Crippen molar-refractivity contribution in [2.24, 2.45) is 0 Å². The summed E-state index contributed by atoms with van der Waals surface area (Å²) in [5.74, 6) is -0.827. The maximum Gasteiger partial charge on any atom is 0.331 e. The van der Waals surface area contributed by atoms with Crippen LogP contribution in [0, 0.1) is 0 Å². The predicted molar refractivity (Wildman–Crippen MR) is 87.8 cm³/mol. The van der Waals surface area contributed by atoms with Gasteiger partial charge in [-0.25, -0.2) is 4.79 Å². The lowest BCUT2D eigenvalue weighted by atomic mass is 10.1. The maximum atomic E-state index is 11.1. The van der Waals surface area contributed by atoms with E-state index in [4.69, 9.17) is 5.11 Å². The fourth-order valence-corrected chi connectivity index (χ4v) is 2.49. The lowest BCUT2D eigenvalue weighted by Crippen LogP contribution is -2.23. The van der Waals surface area contributed by atoms with Gasteiger partial charge in [0.2, 0.25) is 0 Å². The Kier molecular flexibility index (Phi) is 4.99. The van der Waals surface area contributed by atoms with Gasteiger partial charge in [0.05, 0.1) is 0 Å². The summed E-state index contributed by atoms with van der Waals surface area (Å²) in [5, 5.41) is 11.5. The molecule has 0 atom stereocenters. The fourth-order valence-electron chi connectivity index (χ4n) is 2.49. The van der Waals surface area contributed by atoms with Gasteiger partial charge in [-0.15, -0.1) is 0 Å². The summed E-state index contributed by atoms with van der Waals surface area (Å²) in [5.41, 5.74) is 1.61. The van der Waals surface area contributed by atoms with Crippen LogP contribution in [0.2, 0.25) is 0 Å². The molecule has 3 heteroatoms. The molecule has 0 aliphatic heterocycles. The lowest BCUT2D eigenvalue weighted by Gasteiger charge is -2.23. The van der Waals surface area contributed by atoms with Gasteiger partial charge in [-0.1, -0.05) is 49.4 Å². The third-order valence-corrected chi connectivity index (χ3v) is 3.70. The molecule has 0 aliphatic carbocycles. The molecule has 0 unspecified atom stereocenters. The Bertz CT molecular complexity index is 656. The molecule has 110 valence electrons. The summed E-state index contributed by atoms with van der Waals surface area (Å²) in [7, 11) is 0. The van der Waals surface area contributed by atoms with Crippen molar-refractivity contribution in [1.29, 1.82) is 0 Å². The first kappa shape index (κ1) is 15.1. The first-order chi connectivity index (χ1) is 10.2. The summed E-state index contributed by atoms with van der Waals surface area (Å²) in [6.07, 6.45) is 2.36. The zero-order valence-corrected chi connectivity index (χ0v) is 12.5. The summed E-state index contributed by atoms with van der Waals surface area (Å²) in [6, 6.07) is 14.5. The molecular weight excluding hydrogens is 262 g/mol. The van der Waals surface area contributed by atoms with Crippen molar-refractivity contribution in [3.8, 4) is 0 Å². The molecule has 3 nitrogen and oxygen atoms in total. The van der Waals surface area contributed by atoms with Crippen LogP contribution in [0.3, 0.4) is 0 Å². The Morgan fingerprint density at radius 1 is 1.14 bits per heavy atom. The van der Waals surface area contributed by atoms with Crippen molar-refractivity contribution in [1.82, 2.24) is 0 Å². The average Bonchev–Trinajstić information content (AvgIpc) is 2.51. The third kappa shape index (κ3) is 3.43. The van der Waals surface area contributed by atoms with Gasteiger partial charge in [-0.2, -0.15) is 0 Å². The highest BCUT2D eigenvalue weighted by Gasteiger charge is 2.09. The number of benzene rings is 2. The second-order valence-corrected chi connectivity index (χ2v) is 4.92. The molecule has 0 spiro atoms. The minimum Gasteiger partial charge on any atom is -0.478 e. The van der Waals surface area contributed by atoms with Gasteiger partial charge in [0.25, 0.3) is 0 Å². The van der Waals surface area contributed by atoms with Gasteiger partial charge in [-0.3, -0.25) is 0 Å². The van der Waals surface area contributed by atoms with Crippen molar-refractivity contribution in [3.05, 3.63) is 54.1 Å². The summed E-state index contributed by atoms with van der Waals surface area (Å²) in [6.45, 7) is 5.40. The topological polar surface area (TPSA) is 40.5 Å². The molecule has 2 aromatic carbocycles. The molecule has 1 N–H and O–H groups in total. The summed E-state index contributed by atoms with van der Waals surface area (Å²) < 4.78 is 0. The zero-order chi connectivity index (χ0) is 15.2. The van der Waals surface area contributed by atoms with Crippen LogP contribution in [0.1, 0.15) is 20.3 Å². The minimum atomic E-state index is -0.827. The van der Waals surface area contributed by atoms with E-state index in [0.717, 1.165) is 12.2 Å². The highest BCUT2D eigenvalue weighted by atomic mass is 16.4. The van der Waals surface area contributed by atoms with Gasteiger partial charge in [0.15, 0.2) is 0 Å². The van der Waals surface area contributed by atoms with E-state index in [1.165, 1.54) is 10.8 Å². The van der Waals surface area contributed by atoms with Crippen LogP contribution < -0.4 is 4.90 Å². The maximum absolute atomic E-state index is 11.1. The molecule has 0 radical (unpaired) electrons. The quantitative estimate of drug-likeness (QED) is 0.812. The fraction of sp³-hybridized carbons (Fsp3) is 0.278. The second kappa shape index (κ2) is 6.93. The van der Waals surface area contributed by atoms with E-state index < -0.39 is 5.97 Å². The number of likely N-dealkylation sites (N-methyl/N-ethyl adjacent to an activating group) is 1. The van der Waals surface area contributed by atoms with Crippen molar-refractivity contribution < 1.29 is 9.90 Å². The monoisotopic (exact) mass is 283 g/mol. The van der Waals surface area contributed by atoms with E-state index in [0.29, 0.717) is 18.5 Å². The van der Waals surface area contributed by atoms with Crippen LogP contribution >= 0.6 is 0 Å². The van der Waals surface area contributed by atoms with Crippen LogP contribution in [0.4, 0.5) is 5.69 Å². The van der Waals surface area contributed by atoms with E-state index >= 15 is 0 Å². The molecule has 0 bridgehead atoms. The smallest absolute Gasteiger partial charge is 0.331 e. The molecule has 2 aromatic rings. The predicted octanol–water partition coefficient (Wildman–Crippen LogP) is 4.09. The SMILES string of the molecule is CCC(=CCN(CC)c1cccc2ccccc12)C(=O)O. The number of rotatable bonds is 6. The minimum absolute atomic E-state index is 0.466. The Morgan fingerprint density at radius 2 is 1.86 bits per heavy atom. The number of hydrogen-bond donors (Lipinski definition) is 1. The van der Waals surface area contributed by atoms with Gasteiger partial charge in [0, 0.05) is 29.7 Å². The lowest BCUT2D eigenvalue weighted by molar-refractivity contribution is -0.132. The van der Waals surface area contributed by atoms with Crippen LogP contribution in [-0.2, 0) is 4.79 Å². The number of fused-ring (bicyclic) bond motifs is 1. The van der Waals surface area contributed by atoms with Gasteiger partial charge in [-0.05, 0) is 24.8 Å². The van der Waals surface area contributed by atoms with Crippen LogP contribution in [0.15, 0.2) is 54.1 Å². The molecule has 2 rings (SSSR count).